The Hall–Kier alpha value is -2.30. The van der Waals surface area contributed by atoms with Gasteiger partial charge in [0.05, 0.1) is 0 Å². The lowest BCUT2D eigenvalue weighted by molar-refractivity contribution is -0.274. The van der Waals surface area contributed by atoms with Gasteiger partial charge in [-0.05, 0) is 35.4 Å². The molecule has 20 heavy (non-hydrogen) atoms. The lowest BCUT2D eigenvalue weighted by atomic mass is 10.0. The Labute approximate surface area is 113 Å². The molecule has 2 aromatic rings. The highest BCUT2D eigenvalue weighted by Crippen LogP contribution is 2.35. The van der Waals surface area contributed by atoms with E-state index in [-0.39, 0.29) is 11.3 Å². The van der Waals surface area contributed by atoms with E-state index >= 15 is 0 Å². The molecule has 2 rings (SSSR count). The summed E-state index contributed by atoms with van der Waals surface area (Å²) < 4.78 is 54.3. The first kappa shape index (κ1) is 14.1. The largest absolute Gasteiger partial charge is 0.573 e. The van der Waals surface area contributed by atoms with Gasteiger partial charge in [0.2, 0.25) is 0 Å². The molecule has 0 aliphatic rings. The first-order valence-electron chi connectivity index (χ1n) is 5.67. The second-order valence-electron chi connectivity index (χ2n) is 4.02. The molecule has 0 saturated heterocycles. The van der Waals surface area contributed by atoms with Gasteiger partial charge >= 0.3 is 6.36 Å². The Balaban J connectivity index is 2.55. The topological polar surface area (TPSA) is 9.23 Å². The molecule has 5 heteroatoms. The highest BCUT2D eigenvalue weighted by Gasteiger charge is 2.32. The van der Waals surface area contributed by atoms with Gasteiger partial charge in [-0.25, -0.2) is 4.39 Å². The third kappa shape index (κ3) is 3.38. The Morgan fingerprint density at radius 3 is 2.40 bits per heavy atom. The van der Waals surface area contributed by atoms with Gasteiger partial charge < -0.3 is 4.74 Å². The van der Waals surface area contributed by atoms with Gasteiger partial charge in [0.1, 0.15) is 11.6 Å². The maximum atomic E-state index is 13.2. The van der Waals surface area contributed by atoms with Crippen molar-refractivity contribution in [2.75, 3.05) is 0 Å². The predicted molar refractivity (Wildman–Crippen MR) is 68.6 cm³/mol. The van der Waals surface area contributed by atoms with Crippen molar-refractivity contribution in [1.29, 1.82) is 0 Å². The number of halogens is 4. The maximum Gasteiger partial charge on any atom is 0.573 e. The van der Waals surface area contributed by atoms with Crippen LogP contribution in [0.1, 0.15) is 5.56 Å². The van der Waals surface area contributed by atoms with Crippen LogP contribution in [-0.2, 0) is 0 Å². The quantitative estimate of drug-likeness (QED) is 0.717. The minimum Gasteiger partial charge on any atom is -0.405 e. The van der Waals surface area contributed by atoms with Gasteiger partial charge in [-0.2, -0.15) is 0 Å². The molecule has 0 fully saturated rings. The predicted octanol–water partition coefficient (Wildman–Crippen LogP) is 5.03. The smallest absolute Gasteiger partial charge is 0.405 e. The monoisotopic (exact) mass is 282 g/mol. The normalized spacial score (nSPS) is 11.2. The Bertz CT molecular complexity index is 632. The van der Waals surface area contributed by atoms with Crippen molar-refractivity contribution in [3.63, 3.8) is 0 Å². The molecule has 0 aliphatic heterocycles. The van der Waals surface area contributed by atoms with Crippen LogP contribution in [0, 0.1) is 5.82 Å². The molecule has 0 spiro atoms. The minimum atomic E-state index is -4.81. The van der Waals surface area contributed by atoms with Crippen LogP contribution in [0.5, 0.6) is 5.75 Å². The molecule has 2 aromatic carbocycles. The summed E-state index contributed by atoms with van der Waals surface area (Å²) in [4.78, 5) is 0. The van der Waals surface area contributed by atoms with E-state index in [1.54, 1.807) is 0 Å². The van der Waals surface area contributed by atoms with Crippen LogP contribution < -0.4 is 4.74 Å². The molecular weight excluding hydrogens is 272 g/mol. The summed E-state index contributed by atoms with van der Waals surface area (Å²) in [6.45, 7) is 3.55. The van der Waals surface area contributed by atoms with Crippen LogP contribution in [0.4, 0.5) is 17.6 Å². The molecule has 0 saturated carbocycles. The highest BCUT2D eigenvalue weighted by molar-refractivity contribution is 5.73. The molecule has 0 heterocycles. The fourth-order valence-corrected chi connectivity index (χ4v) is 1.77. The molecule has 0 bridgehead atoms. The van der Waals surface area contributed by atoms with Crippen LogP contribution in [-0.4, -0.2) is 6.36 Å². The van der Waals surface area contributed by atoms with Crippen LogP contribution in [0.15, 0.2) is 49.0 Å². The van der Waals surface area contributed by atoms with Gasteiger partial charge in [0, 0.05) is 5.56 Å². The lowest BCUT2D eigenvalue weighted by Gasteiger charge is -2.14. The summed E-state index contributed by atoms with van der Waals surface area (Å²) in [5.74, 6) is -0.918. The van der Waals surface area contributed by atoms with E-state index in [0.29, 0.717) is 11.1 Å². The average molecular weight is 282 g/mol. The van der Waals surface area contributed by atoms with Gasteiger partial charge in [-0.3, -0.25) is 0 Å². The number of ether oxygens (including phenoxy) is 1. The third-order valence-corrected chi connectivity index (χ3v) is 2.60. The van der Waals surface area contributed by atoms with Gasteiger partial charge in [-0.1, -0.05) is 30.9 Å². The molecule has 1 nitrogen and oxygen atoms in total. The summed E-state index contributed by atoms with van der Waals surface area (Å²) in [6.07, 6.45) is -3.32. The summed E-state index contributed by atoms with van der Waals surface area (Å²) in [7, 11) is 0. The second-order valence-corrected chi connectivity index (χ2v) is 4.02. The standard InChI is InChI=1S/C15H10F4O/c1-2-10-6-7-14(20-15(17,18)19)13(8-10)11-4-3-5-12(16)9-11/h2-9H,1H2. The molecule has 0 unspecified atom stereocenters. The Morgan fingerprint density at radius 2 is 1.80 bits per heavy atom. The molecule has 0 aromatic heterocycles. The van der Waals surface area contributed by atoms with Crippen LogP contribution in [0.2, 0.25) is 0 Å². The molecule has 0 aliphatic carbocycles. The fraction of sp³-hybridized carbons (Fsp3) is 0.0667. The Kier molecular flexibility index (Phi) is 3.79. The zero-order valence-electron chi connectivity index (χ0n) is 10.2. The van der Waals surface area contributed by atoms with Crippen molar-refractivity contribution < 1.29 is 22.3 Å². The van der Waals surface area contributed by atoms with E-state index in [0.717, 1.165) is 6.07 Å². The summed E-state index contributed by atoms with van der Waals surface area (Å²) in [5, 5.41) is 0. The zero-order chi connectivity index (χ0) is 14.8. The van der Waals surface area contributed by atoms with E-state index in [1.807, 2.05) is 0 Å². The van der Waals surface area contributed by atoms with E-state index in [1.165, 1.54) is 42.5 Å². The number of hydrogen-bond donors (Lipinski definition) is 0. The third-order valence-electron chi connectivity index (χ3n) is 2.60. The van der Waals surface area contributed by atoms with Crippen LogP contribution in [0.25, 0.3) is 17.2 Å². The highest BCUT2D eigenvalue weighted by atomic mass is 19.4. The lowest BCUT2D eigenvalue weighted by Crippen LogP contribution is -2.17. The first-order chi connectivity index (χ1) is 9.39. The molecule has 104 valence electrons. The number of rotatable bonds is 3. The minimum absolute atomic E-state index is 0.152. The van der Waals surface area contributed by atoms with Crippen molar-refractivity contribution >= 4 is 6.08 Å². The van der Waals surface area contributed by atoms with Crippen molar-refractivity contribution in [2.24, 2.45) is 0 Å². The van der Waals surface area contributed by atoms with Crippen molar-refractivity contribution in [2.45, 2.75) is 6.36 Å². The second kappa shape index (κ2) is 5.36. The first-order valence-corrected chi connectivity index (χ1v) is 5.67. The van der Waals surface area contributed by atoms with Crippen molar-refractivity contribution in [3.8, 4) is 16.9 Å². The number of benzene rings is 2. The van der Waals surface area contributed by atoms with E-state index in [4.69, 9.17) is 0 Å². The number of hydrogen-bond acceptors (Lipinski definition) is 1. The van der Waals surface area contributed by atoms with Gasteiger partial charge in [-0.15, -0.1) is 13.2 Å². The molecule has 0 amide bonds. The number of alkyl halides is 3. The van der Waals surface area contributed by atoms with Crippen LogP contribution in [0.3, 0.4) is 0 Å². The van der Waals surface area contributed by atoms with Gasteiger partial charge in [0.15, 0.2) is 0 Å². The van der Waals surface area contributed by atoms with Crippen molar-refractivity contribution in [1.82, 2.24) is 0 Å². The van der Waals surface area contributed by atoms with Crippen LogP contribution >= 0.6 is 0 Å². The van der Waals surface area contributed by atoms with Crippen molar-refractivity contribution in [3.05, 3.63) is 60.4 Å². The summed E-state index contributed by atoms with van der Waals surface area (Å²) in [5.41, 5.74) is 1.06. The van der Waals surface area contributed by atoms with E-state index in [2.05, 4.69) is 11.3 Å². The molecule has 0 radical (unpaired) electrons. The fourth-order valence-electron chi connectivity index (χ4n) is 1.77. The maximum absolute atomic E-state index is 13.2. The Morgan fingerprint density at radius 1 is 1.05 bits per heavy atom. The molecule has 0 atom stereocenters. The SMILES string of the molecule is C=Cc1ccc(OC(F)(F)F)c(-c2cccc(F)c2)c1. The zero-order valence-corrected chi connectivity index (χ0v) is 10.2. The van der Waals surface area contributed by atoms with E-state index in [9.17, 15) is 17.6 Å². The molecular formula is C15H10F4O. The van der Waals surface area contributed by atoms with E-state index < -0.39 is 12.2 Å². The summed E-state index contributed by atoms with van der Waals surface area (Å²) >= 11 is 0. The molecule has 0 N–H and O–H groups in total. The average Bonchev–Trinajstić information content (AvgIpc) is 2.37. The summed E-state index contributed by atoms with van der Waals surface area (Å²) in [6, 6.07) is 9.37. The van der Waals surface area contributed by atoms with Gasteiger partial charge in [0.25, 0.3) is 0 Å².